The minimum absolute atomic E-state index is 0.0596. The quantitative estimate of drug-likeness (QED) is 0.882. The number of rotatable bonds is 4. The summed E-state index contributed by atoms with van der Waals surface area (Å²) in [4.78, 5) is 11.9. The monoisotopic (exact) mass is 356 g/mol. The molecule has 23 heavy (non-hydrogen) atoms. The molecule has 1 atom stereocenters. The molecule has 0 aliphatic heterocycles. The molecule has 0 saturated heterocycles. The Balaban J connectivity index is 2.22. The van der Waals surface area contributed by atoms with Crippen LogP contribution in [0.2, 0.25) is 5.02 Å². The number of benzene rings is 2. The topological polar surface area (TPSA) is 89.3 Å². The number of nitrogens with one attached hydrogen (secondary N) is 1. The number of primary sulfonamides is 1. The fourth-order valence-electron chi connectivity index (χ4n) is 1.98. The van der Waals surface area contributed by atoms with Gasteiger partial charge in [-0.05, 0) is 42.8 Å². The van der Waals surface area contributed by atoms with E-state index in [1.807, 2.05) is 0 Å². The third kappa shape index (κ3) is 4.28. The Labute approximate surface area is 138 Å². The maximum atomic E-state index is 12.9. The summed E-state index contributed by atoms with van der Waals surface area (Å²) in [5.41, 5.74) is 0.813. The van der Waals surface area contributed by atoms with Crippen LogP contribution in [0.15, 0.2) is 47.4 Å². The van der Waals surface area contributed by atoms with Crippen molar-refractivity contribution in [3.8, 4) is 0 Å². The van der Waals surface area contributed by atoms with E-state index >= 15 is 0 Å². The van der Waals surface area contributed by atoms with Crippen molar-refractivity contribution in [3.05, 3.63) is 64.4 Å². The third-order valence-corrected chi connectivity index (χ3v) is 4.61. The minimum atomic E-state index is -4.03. The molecular formula is C15H14ClFN2O3S. The Hall–Kier alpha value is -1.96. The van der Waals surface area contributed by atoms with Gasteiger partial charge >= 0.3 is 0 Å². The van der Waals surface area contributed by atoms with E-state index in [-0.39, 0.29) is 21.3 Å². The first-order valence-electron chi connectivity index (χ1n) is 6.57. The molecule has 0 heterocycles. The van der Waals surface area contributed by atoms with Crippen LogP contribution < -0.4 is 10.5 Å². The van der Waals surface area contributed by atoms with Crippen LogP contribution in [0.1, 0.15) is 28.9 Å². The smallest absolute Gasteiger partial charge is 0.251 e. The summed E-state index contributed by atoms with van der Waals surface area (Å²) in [6.07, 6.45) is 0. The van der Waals surface area contributed by atoms with Crippen molar-refractivity contribution in [2.75, 3.05) is 0 Å². The molecule has 0 aliphatic rings. The molecule has 1 unspecified atom stereocenters. The highest BCUT2D eigenvalue weighted by molar-refractivity contribution is 7.89. The maximum absolute atomic E-state index is 12.9. The molecule has 0 spiro atoms. The van der Waals surface area contributed by atoms with Gasteiger partial charge < -0.3 is 5.32 Å². The van der Waals surface area contributed by atoms with E-state index in [0.717, 1.165) is 6.07 Å². The SMILES string of the molecule is CC(NC(=O)c1ccc(Cl)c(S(N)(=O)=O)c1)c1ccc(F)cc1. The van der Waals surface area contributed by atoms with E-state index in [2.05, 4.69) is 5.32 Å². The molecule has 2 rings (SSSR count). The summed E-state index contributed by atoms with van der Waals surface area (Å²) in [5, 5.41) is 7.68. The first kappa shape index (κ1) is 17.4. The number of hydrogen-bond acceptors (Lipinski definition) is 3. The molecule has 0 aromatic heterocycles. The van der Waals surface area contributed by atoms with Crippen LogP contribution in [-0.2, 0) is 10.0 Å². The zero-order chi connectivity index (χ0) is 17.2. The van der Waals surface area contributed by atoms with Crippen LogP contribution in [0.25, 0.3) is 0 Å². The Morgan fingerprint density at radius 2 is 1.83 bits per heavy atom. The third-order valence-electron chi connectivity index (χ3n) is 3.22. The number of carbonyl (C=O) groups is 1. The van der Waals surface area contributed by atoms with Gasteiger partial charge in [0.25, 0.3) is 5.91 Å². The lowest BCUT2D eigenvalue weighted by Gasteiger charge is -2.15. The molecule has 8 heteroatoms. The van der Waals surface area contributed by atoms with Crippen molar-refractivity contribution >= 4 is 27.5 Å². The van der Waals surface area contributed by atoms with Crippen LogP contribution in [0.5, 0.6) is 0 Å². The van der Waals surface area contributed by atoms with E-state index in [9.17, 15) is 17.6 Å². The predicted molar refractivity (Wildman–Crippen MR) is 85.1 cm³/mol. The Bertz CT molecular complexity index is 838. The molecular weight excluding hydrogens is 343 g/mol. The number of nitrogens with two attached hydrogens (primary N) is 1. The van der Waals surface area contributed by atoms with Crippen molar-refractivity contribution in [2.45, 2.75) is 17.9 Å². The fraction of sp³-hybridized carbons (Fsp3) is 0.133. The van der Waals surface area contributed by atoms with Gasteiger partial charge in [-0.25, -0.2) is 17.9 Å². The predicted octanol–water partition coefficient (Wildman–Crippen LogP) is 2.62. The van der Waals surface area contributed by atoms with Gasteiger partial charge in [0.1, 0.15) is 10.7 Å². The lowest BCUT2D eigenvalue weighted by atomic mass is 10.1. The van der Waals surface area contributed by atoms with Crippen molar-refractivity contribution in [2.24, 2.45) is 5.14 Å². The number of sulfonamides is 1. The summed E-state index contributed by atoms with van der Waals surface area (Å²) < 4.78 is 35.8. The van der Waals surface area contributed by atoms with E-state index < -0.39 is 22.0 Å². The van der Waals surface area contributed by atoms with Gasteiger partial charge in [-0.15, -0.1) is 0 Å². The van der Waals surface area contributed by atoms with E-state index in [1.165, 1.54) is 24.3 Å². The zero-order valence-electron chi connectivity index (χ0n) is 12.1. The zero-order valence-corrected chi connectivity index (χ0v) is 13.7. The van der Waals surface area contributed by atoms with Crippen molar-refractivity contribution in [3.63, 3.8) is 0 Å². The number of hydrogen-bond donors (Lipinski definition) is 2. The number of carbonyl (C=O) groups excluding carboxylic acids is 1. The first-order valence-corrected chi connectivity index (χ1v) is 8.49. The molecule has 0 fully saturated rings. The van der Waals surface area contributed by atoms with Gasteiger partial charge in [-0.1, -0.05) is 23.7 Å². The Morgan fingerprint density at radius 1 is 1.22 bits per heavy atom. The lowest BCUT2D eigenvalue weighted by molar-refractivity contribution is 0.0939. The summed E-state index contributed by atoms with van der Waals surface area (Å²) in [7, 11) is -4.03. The highest BCUT2D eigenvalue weighted by atomic mass is 35.5. The molecule has 3 N–H and O–H groups in total. The van der Waals surface area contributed by atoms with Crippen molar-refractivity contribution in [1.29, 1.82) is 0 Å². The highest BCUT2D eigenvalue weighted by Crippen LogP contribution is 2.22. The molecule has 122 valence electrons. The van der Waals surface area contributed by atoms with Gasteiger partial charge in [-0.3, -0.25) is 4.79 Å². The second-order valence-corrected chi connectivity index (χ2v) is 6.87. The van der Waals surface area contributed by atoms with Crippen molar-refractivity contribution < 1.29 is 17.6 Å². The molecule has 2 aromatic rings. The number of halogens is 2. The van der Waals surface area contributed by atoms with E-state index in [1.54, 1.807) is 19.1 Å². The lowest BCUT2D eigenvalue weighted by Crippen LogP contribution is -2.27. The second kappa shape index (κ2) is 6.66. The van der Waals surface area contributed by atoms with Crippen LogP contribution in [0.3, 0.4) is 0 Å². The van der Waals surface area contributed by atoms with Gasteiger partial charge in [0, 0.05) is 5.56 Å². The molecule has 0 aliphatic carbocycles. The summed E-state index contributed by atoms with van der Waals surface area (Å²) in [6.45, 7) is 1.72. The van der Waals surface area contributed by atoms with Crippen LogP contribution in [-0.4, -0.2) is 14.3 Å². The molecule has 0 radical (unpaired) electrons. The van der Waals surface area contributed by atoms with Gasteiger partial charge in [-0.2, -0.15) is 0 Å². The molecule has 1 amide bonds. The normalized spacial score (nSPS) is 12.7. The summed E-state index contributed by atoms with van der Waals surface area (Å²) in [5.74, 6) is -0.869. The largest absolute Gasteiger partial charge is 0.346 e. The van der Waals surface area contributed by atoms with Gasteiger partial charge in [0.2, 0.25) is 10.0 Å². The first-order chi connectivity index (χ1) is 10.7. The summed E-state index contributed by atoms with van der Waals surface area (Å²) >= 11 is 5.78. The Morgan fingerprint density at radius 3 is 2.39 bits per heavy atom. The Kier molecular flexibility index (Phi) is 5.03. The molecule has 5 nitrogen and oxygen atoms in total. The summed E-state index contributed by atoms with van der Waals surface area (Å²) in [6, 6.07) is 9.10. The molecule has 0 saturated carbocycles. The van der Waals surface area contributed by atoms with E-state index in [0.29, 0.717) is 5.56 Å². The van der Waals surface area contributed by atoms with Crippen molar-refractivity contribution in [1.82, 2.24) is 5.32 Å². The second-order valence-electron chi connectivity index (χ2n) is 4.94. The molecule has 2 aromatic carbocycles. The minimum Gasteiger partial charge on any atom is -0.346 e. The number of amides is 1. The average Bonchev–Trinajstić information content (AvgIpc) is 2.47. The van der Waals surface area contributed by atoms with Crippen LogP contribution in [0, 0.1) is 5.82 Å². The standard InChI is InChI=1S/C15H14ClFN2O3S/c1-9(10-2-5-12(17)6-3-10)19-15(20)11-4-7-13(16)14(8-11)23(18,21)22/h2-9H,1H3,(H,19,20)(H2,18,21,22). The average molecular weight is 357 g/mol. The van der Waals surface area contributed by atoms with Crippen LogP contribution >= 0.6 is 11.6 Å². The highest BCUT2D eigenvalue weighted by Gasteiger charge is 2.17. The van der Waals surface area contributed by atoms with Gasteiger partial charge in [0.15, 0.2) is 0 Å². The van der Waals surface area contributed by atoms with E-state index in [4.69, 9.17) is 16.7 Å². The fourth-order valence-corrected chi connectivity index (χ4v) is 3.05. The van der Waals surface area contributed by atoms with Crippen LogP contribution in [0.4, 0.5) is 4.39 Å². The maximum Gasteiger partial charge on any atom is 0.251 e. The van der Waals surface area contributed by atoms with Gasteiger partial charge in [0.05, 0.1) is 11.1 Å². The molecule has 0 bridgehead atoms.